The van der Waals surface area contributed by atoms with Crippen molar-refractivity contribution in [1.82, 2.24) is 19.6 Å². The van der Waals surface area contributed by atoms with E-state index in [4.69, 9.17) is 9.40 Å². The average molecular weight is 334 g/mol. The highest BCUT2D eigenvalue weighted by molar-refractivity contribution is 5.79. The quantitative estimate of drug-likeness (QED) is 0.624. The summed E-state index contributed by atoms with van der Waals surface area (Å²) in [4.78, 5) is 21.9. The van der Waals surface area contributed by atoms with E-state index < -0.39 is 0 Å². The van der Waals surface area contributed by atoms with E-state index in [2.05, 4.69) is 10.1 Å². The van der Waals surface area contributed by atoms with Crippen LogP contribution in [0, 0.1) is 20.8 Å². The molecule has 6 heteroatoms. The summed E-state index contributed by atoms with van der Waals surface area (Å²) in [5.74, 6) is 1.25. The van der Waals surface area contributed by atoms with Crippen LogP contribution in [0.1, 0.15) is 28.6 Å². The van der Waals surface area contributed by atoms with Crippen LogP contribution < -0.4 is 5.56 Å². The van der Waals surface area contributed by atoms with Crippen LogP contribution in [-0.2, 0) is 6.42 Å². The maximum atomic E-state index is 13.0. The molecule has 0 amide bonds. The topological polar surface area (TPSA) is 76.2 Å². The summed E-state index contributed by atoms with van der Waals surface area (Å²) in [7, 11) is 0. The first-order chi connectivity index (χ1) is 12.0. The molecule has 126 valence electrons. The molecule has 0 saturated heterocycles. The van der Waals surface area contributed by atoms with Crippen LogP contribution in [0.2, 0.25) is 0 Å². The minimum absolute atomic E-state index is 0.122. The van der Waals surface area contributed by atoms with E-state index in [-0.39, 0.29) is 5.56 Å². The van der Waals surface area contributed by atoms with Crippen LogP contribution in [0.4, 0.5) is 0 Å². The van der Waals surface area contributed by atoms with Crippen molar-refractivity contribution in [1.29, 1.82) is 0 Å². The molecule has 0 atom stereocenters. The number of aromatic nitrogens is 4. The summed E-state index contributed by atoms with van der Waals surface area (Å²) < 4.78 is 7.02. The number of aryl methyl sites for hydroxylation is 3. The molecule has 1 N–H and O–H groups in total. The second-order valence-electron chi connectivity index (χ2n) is 6.16. The molecule has 3 aromatic heterocycles. The van der Waals surface area contributed by atoms with Gasteiger partial charge >= 0.3 is 0 Å². The van der Waals surface area contributed by atoms with E-state index in [0.717, 1.165) is 22.6 Å². The van der Waals surface area contributed by atoms with Gasteiger partial charge < -0.3 is 4.42 Å². The molecule has 6 nitrogen and oxygen atoms in total. The summed E-state index contributed by atoms with van der Waals surface area (Å²) in [5, 5.41) is 3.14. The lowest BCUT2D eigenvalue weighted by Gasteiger charge is -2.05. The molecule has 0 bridgehead atoms. The van der Waals surface area contributed by atoms with Crippen LogP contribution >= 0.6 is 0 Å². The van der Waals surface area contributed by atoms with Crippen LogP contribution in [0.5, 0.6) is 0 Å². The third-order valence-corrected chi connectivity index (χ3v) is 4.32. The summed E-state index contributed by atoms with van der Waals surface area (Å²) in [6.07, 6.45) is 1.98. The van der Waals surface area contributed by atoms with Gasteiger partial charge in [0.2, 0.25) is 0 Å². The molecule has 0 aliphatic rings. The van der Waals surface area contributed by atoms with Crippen LogP contribution in [0.15, 0.2) is 45.7 Å². The van der Waals surface area contributed by atoms with E-state index >= 15 is 0 Å². The highest BCUT2D eigenvalue weighted by Crippen LogP contribution is 2.26. The highest BCUT2D eigenvalue weighted by atomic mass is 16.4. The van der Waals surface area contributed by atoms with Gasteiger partial charge in [0.1, 0.15) is 5.76 Å². The van der Waals surface area contributed by atoms with E-state index in [1.807, 2.05) is 51.1 Å². The predicted octanol–water partition coefficient (Wildman–Crippen LogP) is 3.19. The molecule has 25 heavy (non-hydrogen) atoms. The van der Waals surface area contributed by atoms with E-state index in [1.54, 1.807) is 6.20 Å². The maximum absolute atomic E-state index is 13.0. The minimum atomic E-state index is -0.122. The molecule has 1 aromatic carbocycles. The molecular weight excluding hydrogens is 316 g/mol. The molecule has 0 aliphatic heterocycles. The van der Waals surface area contributed by atoms with Gasteiger partial charge in [-0.2, -0.15) is 0 Å². The second-order valence-corrected chi connectivity index (χ2v) is 6.16. The molecule has 0 fully saturated rings. The first kappa shape index (κ1) is 15.4. The fourth-order valence-corrected chi connectivity index (χ4v) is 3.11. The van der Waals surface area contributed by atoms with Gasteiger partial charge in [0.25, 0.3) is 5.56 Å². The zero-order valence-corrected chi connectivity index (χ0v) is 14.3. The number of nitrogens with zero attached hydrogens (tertiary/aromatic N) is 3. The summed E-state index contributed by atoms with van der Waals surface area (Å²) in [6, 6.07) is 9.95. The Kier molecular flexibility index (Phi) is 3.53. The third kappa shape index (κ3) is 2.55. The number of aromatic amines is 1. The van der Waals surface area contributed by atoms with Gasteiger partial charge in [-0.3, -0.25) is 9.89 Å². The Hall–Kier alpha value is -3.15. The first-order valence-corrected chi connectivity index (χ1v) is 8.12. The molecule has 0 unspecified atom stereocenters. The smallest absolute Gasteiger partial charge is 0.276 e. The van der Waals surface area contributed by atoms with Crippen molar-refractivity contribution in [3.05, 3.63) is 75.5 Å². The van der Waals surface area contributed by atoms with Crippen molar-refractivity contribution >= 4 is 5.65 Å². The first-order valence-electron chi connectivity index (χ1n) is 8.12. The third-order valence-electron chi connectivity index (χ3n) is 4.32. The normalized spacial score (nSPS) is 11.3. The van der Waals surface area contributed by atoms with Gasteiger partial charge in [-0.15, -0.1) is 0 Å². The largest absolute Gasteiger partial charge is 0.446 e. The molecule has 3 heterocycles. The zero-order valence-electron chi connectivity index (χ0n) is 14.3. The molecule has 0 radical (unpaired) electrons. The fraction of sp³-hybridized carbons (Fsp3) is 0.211. The van der Waals surface area contributed by atoms with Crippen molar-refractivity contribution in [2.75, 3.05) is 0 Å². The molecule has 0 saturated carbocycles. The monoisotopic (exact) mass is 334 g/mol. The lowest BCUT2D eigenvalue weighted by Crippen LogP contribution is -2.22. The lowest BCUT2D eigenvalue weighted by molar-refractivity contribution is 0.480. The van der Waals surface area contributed by atoms with Crippen LogP contribution in [-0.4, -0.2) is 19.6 Å². The lowest BCUT2D eigenvalue weighted by atomic mass is 10.1. The number of hydrogen-bond donors (Lipinski definition) is 1. The van der Waals surface area contributed by atoms with E-state index in [0.29, 0.717) is 29.2 Å². The van der Waals surface area contributed by atoms with Crippen molar-refractivity contribution in [2.45, 2.75) is 27.2 Å². The van der Waals surface area contributed by atoms with Gasteiger partial charge in [0.15, 0.2) is 11.5 Å². The van der Waals surface area contributed by atoms with E-state index in [1.165, 1.54) is 4.52 Å². The summed E-state index contributed by atoms with van der Waals surface area (Å²) in [5.41, 5.74) is 4.67. The van der Waals surface area contributed by atoms with Crippen molar-refractivity contribution < 1.29 is 4.42 Å². The fourth-order valence-electron chi connectivity index (χ4n) is 3.11. The standard InChI is InChI=1S/C19H18N4O2/c1-11-10-20-16(25-11)9-15-12(2)21-18-17(14-7-5-4-6-8-14)13(3)22-23(18)19(15)24/h4-8,10,22H,9H2,1-3H3. The van der Waals surface area contributed by atoms with Crippen LogP contribution in [0.3, 0.4) is 0 Å². The van der Waals surface area contributed by atoms with Gasteiger partial charge in [-0.1, -0.05) is 30.3 Å². The highest BCUT2D eigenvalue weighted by Gasteiger charge is 2.18. The zero-order chi connectivity index (χ0) is 17.6. The maximum Gasteiger partial charge on any atom is 0.276 e. The van der Waals surface area contributed by atoms with E-state index in [9.17, 15) is 4.79 Å². The van der Waals surface area contributed by atoms with Gasteiger partial charge in [-0.25, -0.2) is 14.5 Å². The minimum Gasteiger partial charge on any atom is -0.446 e. The molecule has 4 rings (SSSR count). The van der Waals surface area contributed by atoms with Crippen LogP contribution in [0.25, 0.3) is 16.8 Å². The van der Waals surface area contributed by atoms with Crippen molar-refractivity contribution in [3.8, 4) is 11.1 Å². The summed E-state index contributed by atoms with van der Waals surface area (Å²) in [6.45, 7) is 5.63. The second kappa shape index (κ2) is 5.73. The predicted molar refractivity (Wildman–Crippen MR) is 94.8 cm³/mol. The summed E-state index contributed by atoms with van der Waals surface area (Å²) >= 11 is 0. The van der Waals surface area contributed by atoms with Crippen molar-refractivity contribution in [3.63, 3.8) is 0 Å². The molecular formula is C19H18N4O2. The van der Waals surface area contributed by atoms with Gasteiger partial charge in [-0.05, 0) is 26.3 Å². The number of hydrogen-bond acceptors (Lipinski definition) is 4. The Morgan fingerprint density at radius 1 is 1.16 bits per heavy atom. The molecule has 0 aliphatic carbocycles. The number of oxazole rings is 1. The Morgan fingerprint density at radius 3 is 2.60 bits per heavy atom. The van der Waals surface area contributed by atoms with Gasteiger partial charge in [0.05, 0.1) is 12.6 Å². The molecule has 0 spiro atoms. The Bertz CT molecular complexity index is 1120. The molecule has 4 aromatic rings. The number of nitrogens with one attached hydrogen (secondary N) is 1. The van der Waals surface area contributed by atoms with Gasteiger partial charge in [0, 0.05) is 22.5 Å². The number of fused-ring (bicyclic) bond motifs is 1. The number of benzene rings is 1. The number of rotatable bonds is 3. The Labute approximate surface area is 144 Å². The SMILES string of the molecule is Cc1cnc(Cc2c(C)nc3c(-c4ccccc4)c(C)[nH]n3c2=O)o1. The Balaban J connectivity index is 1.91. The number of H-pyrrole nitrogens is 1. The van der Waals surface area contributed by atoms with Crippen molar-refractivity contribution in [2.24, 2.45) is 0 Å². The Morgan fingerprint density at radius 2 is 1.92 bits per heavy atom. The average Bonchev–Trinajstić information content (AvgIpc) is 3.15.